The van der Waals surface area contributed by atoms with Crippen molar-refractivity contribution in [3.05, 3.63) is 0 Å². The lowest BCUT2D eigenvalue weighted by Gasteiger charge is -2.21. The molecule has 0 radical (unpaired) electrons. The molecule has 2 atom stereocenters. The fraction of sp³-hybridized carbons (Fsp3) is 0.857. The average Bonchev–Trinajstić information content (AvgIpc) is 2.75. The number of rotatable bonds is 4. The Morgan fingerprint density at radius 1 is 1.47 bits per heavy atom. The van der Waals surface area contributed by atoms with E-state index in [1.165, 1.54) is 7.11 Å². The molecule has 0 aromatic carbocycles. The summed E-state index contributed by atoms with van der Waals surface area (Å²) in [5.74, 6) is 1.70. The maximum absolute atomic E-state index is 11.7. The second-order valence-electron chi connectivity index (χ2n) is 5.67. The molecule has 1 aliphatic rings. The van der Waals surface area contributed by atoms with Gasteiger partial charge in [0.1, 0.15) is 0 Å². The molecule has 1 N–H and O–H groups in total. The Morgan fingerprint density at radius 3 is 2.68 bits per heavy atom. The Bertz CT molecular complexity index is 329. The van der Waals surface area contributed by atoms with Crippen LogP contribution in [0.5, 0.6) is 0 Å². The summed E-state index contributed by atoms with van der Waals surface area (Å²) in [6, 6.07) is 0. The predicted molar refractivity (Wildman–Crippen MR) is 77.1 cm³/mol. The molecule has 2 unspecified atom stereocenters. The van der Waals surface area contributed by atoms with E-state index in [-0.39, 0.29) is 11.9 Å². The van der Waals surface area contributed by atoms with Gasteiger partial charge in [0.15, 0.2) is 5.96 Å². The van der Waals surface area contributed by atoms with Crippen molar-refractivity contribution < 1.29 is 9.53 Å². The van der Waals surface area contributed by atoms with Gasteiger partial charge in [-0.25, -0.2) is 0 Å². The minimum atomic E-state index is -0.118. The number of ether oxygens (including phenoxy) is 1. The van der Waals surface area contributed by atoms with Crippen LogP contribution in [0.2, 0.25) is 0 Å². The molecular weight excluding hydrogens is 242 g/mol. The molecule has 19 heavy (non-hydrogen) atoms. The third-order valence-electron chi connectivity index (χ3n) is 3.63. The number of carbonyl (C=O) groups excluding carboxylic acids is 1. The second-order valence-corrected chi connectivity index (χ2v) is 5.67. The summed E-state index contributed by atoms with van der Waals surface area (Å²) >= 11 is 0. The van der Waals surface area contributed by atoms with Crippen LogP contribution in [0.15, 0.2) is 4.99 Å². The van der Waals surface area contributed by atoms with Gasteiger partial charge >= 0.3 is 5.97 Å². The number of hydrogen-bond donors (Lipinski definition) is 1. The molecule has 0 bridgehead atoms. The maximum Gasteiger partial charge on any atom is 0.310 e. The number of nitrogens with zero attached hydrogens (tertiary/aromatic N) is 2. The number of likely N-dealkylation sites (tertiary alicyclic amines) is 1. The molecule has 5 nitrogen and oxygen atoms in total. The van der Waals surface area contributed by atoms with E-state index in [0.29, 0.717) is 18.4 Å². The van der Waals surface area contributed by atoms with E-state index in [1.807, 2.05) is 0 Å². The predicted octanol–water partition coefficient (Wildman–Crippen LogP) is 1.35. The van der Waals surface area contributed by atoms with Crippen LogP contribution in [0, 0.1) is 17.8 Å². The first kappa shape index (κ1) is 15.8. The minimum Gasteiger partial charge on any atom is -0.469 e. The topological polar surface area (TPSA) is 53.9 Å². The van der Waals surface area contributed by atoms with Gasteiger partial charge in [-0.15, -0.1) is 0 Å². The van der Waals surface area contributed by atoms with Gasteiger partial charge in [0.05, 0.1) is 13.0 Å². The lowest BCUT2D eigenvalue weighted by atomic mass is 9.99. The van der Waals surface area contributed by atoms with Gasteiger partial charge < -0.3 is 15.0 Å². The Kier molecular flexibility index (Phi) is 6.12. The molecule has 0 saturated carbocycles. The highest BCUT2D eigenvalue weighted by molar-refractivity contribution is 5.82. The summed E-state index contributed by atoms with van der Waals surface area (Å²) < 4.78 is 4.85. The van der Waals surface area contributed by atoms with Crippen LogP contribution >= 0.6 is 0 Å². The lowest BCUT2D eigenvalue weighted by Crippen LogP contribution is -2.41. The summed E-state index contributed by atoms with van der Waals surface area (Å²) in [4.78, 5) is 18.1. The molecule has 1 aliphatic heterocycles. The molecular formula is C14H27N3O2. The smallest absolute Gasteiger partial charge is 0.310 e. The number of esters is 1. The van der Waals surface area contributed by atoms with E-state index in [2.05, 4.69) is 36.0 Å². The van der Waals surface area contributed by atoms with Gasteiger partial charge in [-0.2, -0.15) is 0 Å². The van der Waals surface area contributed by atoms with E-state index >= 15 is 0 Å². The zero-order valence-corrected chi connectivity index (χ0v) is 12.8. The first-order valence-corrected chi connectivity index (χ1v) is 7.03. The van der Waals surface area contributed by atoms with Crippen LogP contribution in [0.25, 0.3) is 0 Å². The van der Waals surface area contributed by atoms with Gasteiger partial charge in [0.25, 0.3) is 0 Å². The van der Waals surface area contributed by atoms with E-state index in [9.17, 15) is 4.79 Å². The summed E-state index contributed by atoms with van der Waals surface area (Å²) in [7, 11) is 3.24. The molecule has 0 aliphatic carbocycles. The molecule has 1 saturated heterocycles. The van der Waals surface area contributed by atoms with E-state index in [4.69, 9.17) is 4.74 Å². The van der Waals surface area contributed by atoms with Crippen molar-refractivity contribution in [2.24, 2.45) is 22.7 Å². The number of methoxy groups -OCH3 is 1. The normalized spacial score (nSPS) is 23.9. The summed E-state index contributed by atoms with van der Waals surface area (Å²) in [6.45, 7) is 8.95. The largest absolute Gasteiger partial charge is 0.469 e. The van der Waals surface area contributed by atoms with Gasteiger partial charge in [-0.3, -0.25) is 9.79 Å². The molecule has 0 amide bonds. The van der Waals surface area contributed by atoms with Crippen molar-refractivity contribution in [2.75, 3.05) is 33.8 Å². The van der Waals surface area contributed by atoms with Crippen LogP contribution < -0.4 is 5.32 Å². The second kappa shape index (κ2) is 7.36. The molecule has 0 aromatic rings. The molecule has 0 aromatic heterocycles. The van der Waals surface area contributed by atoms with Crippen LogP contribution in [0.3, 0.4) is 0 Å². The summed E-state index contributed by atoms with van der Waals surface area (Å²) in [5, 5.41) is 3.36. The van der Waals surface area contributed by atoms with E-state index in [0.717, 1.165) is 25.5 Å². The molecule has 5 heteroatoms. The standard InChI is InChI=1S/C14H27N3O2/c1-10(2)6-7-16-14(15-4)17-8-11(3)12(9-17)13(18)19-5/h10-12H,6-9H2,1-5H3,(H,15,16). The first-order chi connectivity index (χ1) is 8.99. The molecule has 110 valence electrons. The number of aliphatic imine (C=N–C) groups is 1. The van der Waals surface area contributed by atoms with Crippen molar-refractivity contribution in [2.45, 2.75) is 27.2 Å². The van der Waals surface area contributed by atoms with Crippen LogP contribution in [-0.4, -0.2) is 50.6 Å². The van der Waals surface area contributed by atoms with Crippen molar-refractivity contribution in [1.82, 2.24) is 10.2 Å². The number of carbonyl (C=O) groups is 1. The fourth-order valence-corrected chi connectivity index (χ4v) is 2.40. The van der Waals surface area contributed by atoms with Crippen LogP contribution in [0.1, 0.15) is 27.2 Å². The Morgan fingerprint density at radius 2 is 2.16 bits per heavy atom. The number of nitrogens with one attached hydrogen (secondary N) is 1. The number of hydrogen-bond acceptors (Lipinski definition) is 3. The monoisotopic (exact) mass is 269 g/mol. The van der Waals surface area contributed by atoms with E-state index in [1.54, 1.807) is 7.05 Å². The van der Waals surface area contributed by atoms with Crippen molar-refractivity contribution >= 4 is 11.9 Å². The highest BCUT2D eigenvalue weighted by Gasteiger charge is 2.36. The first-order valence-electron chi connectivity index (χ1n) is 7.03. The van der Waals surface area contributed by atoms with Gasteiger partial charge in [0, 0.05) is 26.7 Å². The zero-order chi connectivity index (χ0) is 14.4. The molecule has 1 rings (SSSR count). The lowest BCUT2D eigenvalue weighted by molar-refractivity contribution is -0.145. The van der Waals surface area contributed by atoms with Gasteiger partial charge in [0.2, 0.25) is 0 Å². The highest BCUT2D eigenvalue weighted by atomic mass is 16.5. The number of guanidine groups is 1. The maximum atomic E-state index is 11.7. The molecule has 1 heterocycles. The quantitative estimate of drug-likeness (QED) is 0.475. The minimum absolute atomic E-state index is 0.0475. The Balaban J connectivity index is 2.53. The third-order valence-corrected chi connectivity index (χ3v) is 3.63. The van der Waals surface area contributed by atoms with E-state index < -0.39 is 0 Å². The average molecular weight is 269 g/mol. The molecule has 0 spiro atoms. The molecule has 1 fully saturated rings. The van der Waals surface area contributed by atoms with Crippen LogP contribution in [-0.2, 0) is 9.53 Å². The fourth-order valence-electron chi connectivity index (χ4n) is 2.40. The van der Waals surface area contributed by atoms with Crippen LogP contribution in [0.4, 0.5) is 0 Å². The third kappa shape index (κ3) is 4.40. The van der Waals surface area contributed by atoms with Crippen molar-refractivity contribution in [1.29, 1.82) is 0 Å². The SMILES string of the molecule is CN=C(NCCC(C)C)N1CC(C)C(C(=O)OC)C1. The summed E-state index contributed by atoms with van der Waals surface area (Å²) in [5.41, 5.74) is 0. The van der Waals surface area contributed by atoms with Gasteiger partial charge in [-0.1, -0.05) is 20.8 Å². The zero-order valence-electron chi connectivity index (χ0n) is 12.8. The summed E-state index contributed by atoms with van der Waals surface area (Å²) in [6.07, 6.45) is 1.11. The Labute approximate surface area is 116 Å². The van der Waals surface area contributed by atoms with Gasteiger partial charge in [-0.05, 0) is 18.3 Å². The van der Waals surface area contributed by atoms with Crippen molar-refractivity contribution in [3.8, 4) is 0 Å². The van der Waals surface area contributed by atoms with Crippen molar-refractivity contribution in [3.63, 3.8) is 0 Å². The Hall–Kier alpha value is -1.26. The highest BCUT2D eigenvalue weighted by Crippen LogP contribution is 2.24.